The molecule has 1 N–H and O–H groups in total. The van der Waals surface area contributed by atoms with Gasteiger partial charge in [0.05, 0.1) is 12.8 Å². The summed E-state index contributed by atoms with van der Waals surface area (Å²) in [5.41, 5.74) is 5.17. The summed E-state index contributed by atoms with van der Waals surface area (Å²) in [6.45, 7) is 8.75. The van der Waals surface area contributed by atoms with Gasteiger partial charge in [-0.2, -0.15) is 0 Å². The Kier molecular flexibility index (Phi) is 10.8. The fourth-order valence-corrected chi connectivity index (χ4v) is 4.44. The normalized spacial score (nSPS) is 11.6. The second-order valence-electron chi connectivity index (χ2n) is 9.97. The number of phenols is 1. The summed E-state index contributed by atoms with van der Waals surface area (Å²) in [4.78, 5) is 4.66. The van der Waals surface area contributed by atoms with Crippen molar-refractivity contribution in [3.05, 3.63) is 125 Å². The predicted molar refractivity (Wildman–Crippen MR) is 157 cm³/mol. The van der Waals surface area contributed by atoms with E-state index in [1.54, 1.807) is 13.3 Å². The molecule has 6 heteroatoms. The molecule has 0 aromatic heterocycles. The van der Waals surface area contributed by atoms with E-state index in [0.29, 0.717) is 5.56 Å². The van der Waals surface area contributed by atoms with Gasteiger partial charge in [0.15, 0.2) is 0 Å². The zero-order valence-corrected chi connectivity index (χ0v) is 26.3. The Morgan fingerprint density at radius 1 is 0.737 bits per heavy atom. The summed E-state index contributed by atoms with van der Waals surface area (Å²) in [6, 6.07) is 32.6. The number of halogens is 2. The van der Waals surface area contributed by atoms with Crippen molar-refractivity contribution in [2.75, 3.05) is 7.11 Å². The van der Waals surface area contributed by atoms with E-state index >= 15 is 0 Å². The van der Waals surface area contributed by atoms with Crippen molar-refractivity contribution < 1.29 is 30.7 Å². The Balaban J connectivity index is 0.00000127. The van der Waals surface area contributed by atoms with E-state index < -0.39 is 26.3 Å². The van der Waals surface area contributed by atoms with Crippen LogP contribution >= 0.6 is 17.0 Å². The van der Waals surface area contributed by atoms with Gasteiger partial charge in [0.2, 0.25) is 0 Å². The number of rotatable bonds is 7. The second kappa shape index (κ2) is 13.6. The average molecular weight is 626 g/mol. The van der Waals surface area contributed by atoms with E-state index in [2.05, 4.69) is 81.2 Å². The number of aromatic hydroxyl groups is 1. The van der Waals surface area contributed by atoms with Crippen LogP contribution in [0.25, 0.3) is 0 Å². The van der Waals surface area contributed by atoms with Crippen molar-refractivity contribution in [1.29, 1.82) is 0 Å². The fourth-order valence-electron chi connectivity index (χ4n) is 4.44. The first-order chi connectivity index (χ1) is 18.1. The third kappa shape index (κ3) is 7.17. The first kappa shape index (κ1) is 30.2. The summed E-state index contributed by atoms with van der Waals surface area (Å²) < 4.78 is 5.25. The van der Waals surface area contributed by atoms with Crippen LogP contribution in [0.1, 0.15) is 55.5 Å². The van der Waals surface area contributed by atoms with Crippen LogP contribution in [-0.2, 0) is 31.7 Å². The molecule has 0 fully saturated rings. The van der Waals surface area contributed by atoms with Crippen LogP contribution in [0.4, 0.5) is 5.69 Å². The van der Waals surface area contributed by atoms with Crippen LogP contribution < -0.4 is 4.74 Å². The van der Waals surface area contributed by atoms with Gasteiger partial charge in [-0.05, 0) is 47.0 Å². The Morgan fingerprint density at radius 3 is 1.74 bits per heavy atom. The van der Waals surface area contributed by atoms with E-state index in [1.807, 2.05) is 48.5 Å². The van der Waals surface area contributed by atoms with Gasteiger partial charge in [-0.1, -0.05) is 94.4 Å². The Morgan fingerprint density at radius 2 is 1.24 bits per heavy atom. The molecule has 0 aliphatic heterocycles. The van der Waals surface area contributed by atoms with Crippen LogP contribution in [0.15, 0.2) is 102 Å². The molecule has 3 nitrogen and oxygen atoms in total. The summed E-state index contributed by atoms with van der Waals surface area (Å²) in [7, 11) is 11.5. The molecular weight excluding hydrogens is 592 g/mol. The van der Waals surface area contributed by atoms with Crippen molar-refractivity contribution in [2.24, 2.45) is 4.99 Å². The molecule has 0 radical (unpaired) electrons. The molecular formula is C32H33Cl2NO2Zr. The van der Waals surface area contributed by atoms with Gasteiger partial charge in [-0.15, -0.1) is 0 Å². The summed E-state index contributed by atoms with van der Waals surface area (Å²) in [5, 5.41) is 11.5. The number of methoxy groups -OCH3 is 1. The summed E-state index contributed by atoms with van der Waals surface area (Å²) >= 11 is -0.826. The number of hydrogen-bond acceptors (Lipinski definition) is 3. The van der Waals surface area contributed by atoms with Crippen LogP contribution in [0, 0.1) is 0 Å². The Hall–Kier alpha value is -2.39. The van der Waals surface area contributed by atoms with Crippen molar-refractivity contribution >= 4 is 28.9 Å². The SMILES string of the molecule is COc1ccc(N=Cc2cc(C(C)(C)c3ccccc3)cc(C(C)(C)c3ccccc3)c2O)cc1.[Cl][Zr][Cl]. The van der Waals surface area contributed by atoms with Gasteiger partial charge in [-0.3, -0.25) is 4.99 Å². The molecule has 4 aromatic rings. The number of benzene rings is 4. The van der Waals surface area contributed by atoms with Gasteiger partial charge in [0, 0.05) is 28.2 Å². The maximum absolute atomic E-state index is 11.5. The zero-order valence-electron chi connectivity index (χ0n) is 22.4. The van der Waals surface area contributed by atoms with Crippen molar-refractivity contribution in [3.8, 4) is 11.5 Å². The van der Waals surface area contributed by atoms with E-state index in [9.17, 15) is 5.11 Å². The number of aliphatic imine (C=N–C) groups is 1. The molecule has 38 heavy (non-hydrogen) atoms. The van der Waals surface area contributed by atoms with Crippen LogP contribution in [0.2, 0.25) is 0 Å². The molecule has 196 valence electrons. The molecule has 0 bridgehead atoms. The predicted octanol–water partition coefficient (Wildman–Crippen LogP) is 9.18. The van der Waals surface area contributed by atoms with E-state index in [4.69, 9.17) is 21.8 Å². The van der Waals surface area contributed by atoms with Crippen molar-refractivity contribution in [3.63, 3.8) is 0 Å². The van der Waals surface area contributed by atoms with Crippen LogP contribution in [-0.4, -0.2) is 18.4 Å². The van der Waals surface area contributed by atoms with Crippen molar-refractivity contribution in [1.82, 2.24) is 0 Å². The Labute approximate surface area is 245 Å². The van der Waals surface area contributed by atoms with E-state index in [0.717, 1.165) is 28.1 Å². The standard InChI is InChI=1S/C32H33NO2.2ClH.Zr/c1-31(2,24-12-8-6-9-13-24)26-20-23(22-33-27-16-18-28(35-5)19-17-27)30(34)29(21-26)32(3,4)25-14-10-7-11-15-25;;;/h6-22,34H,1-5H3;2*1H;/q;;;+2/p-2. The van der Waals surface area contributed by atoms with Crippen LogP contribution in [0.5, 0.6) is 11.5 Å². The molecule has 0 saturated heterocycles. The molecule has 0 unspecified atom stereocenters. The number of nitrogens with zero attached hydrogens (tertiary/aromatic N) is 1. The summed E-state index contributed by atoms with van der Waals surface area (Å²) in [6.07, 6.45) is 1.76. The number of ether oxygens (including phenoxy) is 1. The van der Waals surface area contributed by atoms with Crippen molar-refractivity contribution in [2.45, 2.75) is 38.5 Å². The minimum absolute atomic E-state index is 0.253. The molecule has 4 rings (SSSR count). The van der Waals surface area contributed by atoms with Gasteiger partial charge < -0.3 is 9.84 Å². The second-order valence-corrected chi connectivity index (χ2v) is 13.7. The van der Waals surface area contributed by atoms with E-state index in [-0.39, 0.29) is 11.2 Å². The number of hydrogen-bond donors (Lipinski definition) is 1. The van der Waals surface area contributed by atoms with Gasteiger partial charge in [0.1, 0.15) is 11.5 Å². The van der Waals surface area contributed by atoms with Gasteiger partial charge >= 0.3 is 37.9 Å². The molecule has 0 spiro atoms. The topological polar surface area (TPSA) is 41.8 Å². The molecule has 0 aliphatic carbocycles. The molecule has 0 amide bonds. The van der Waals surface area contributed by atoms with Crippen LogP contribution in [0.3, 0.4) is 0 Å². The molecule has 0 saturated carbocycles. The average Bonchev–Trinajstić information content (AvgIpc) is 2.94. The first-order valence-electron chi connectivity index (χ1n) is 12.3. The molecule has 0 atom stereocenters. The zero-order chi connectivity index (χ0) is 27.8. The monoisotopic (exact) mass is 623 g/mol. The van der Waals surface area contributed by atoms with Gasteiger partial charge in [0.25, 0.3) is 0 Å². The van der Waals surface area contributed by atoms with Gasteiger partial charge in [-0.25, -0.2) is 0 Å². The molecule has 4 aromatic carbocycles. The first-order valence-corrected chi connectivity index (χ1v) is 18.6. The fraction of sp³-hybridized carbons (Fsp3) is 0.219. The third-order valence-corrected chi connectivity index (χ3v) is 6.95. The molecule has 0 heterocycles. The number of phenolic OH excluding ortho intramolecular Hbond substituents is 1. The third-order valence-electron chi connectivity index (χ3n) is 6.95. The van der Waals surface area contributed by atoms with E-state index in [1.165, 1.54) is 5.56 Å². The summed E-state index contributed by atoms with van der Waals surface area (Å²) in [5.74, 6) is 1.04. The minimum atomic E-state index is -0.826. The maximum atomic E-state index is 11.5. The Bertz CT molecular complexity index is 1340. The molecule has 0 aliphatic rings. The quantitative estimate of drug-likeness (QED) is 0.208.